The Hall–Kier alpha value is -0.950. The van der Waals surface area contributed by atoms with Gasteiger partial charge < -0.3 is 9.73 Å². The molecule has 0 fully saturated rings. The van der Waals surface area contributed by atoms with Crippen molar-refractivity contribution < 1.29 is 4.42 Å². The predicted octanol–water partition coefficient (Wildman–Crippen LogP) is 3.19. The number of halogens is 1. The number of nitrogens with one attached hydrogen (secondary N) is 1. The molecular formula is C14H18IN3O. The Morgan fingerprint density at radius 1 is 1.32 bits per heavy atom. The van der Waals surface area contributed by atoms with Crippen molar-refractivity contribution in [1.29, 1.82) is 0 Å². The average molecular weight is 371 g/mol. The Morgan fingerprint density at radius 3 is 2.95 bits per heavy atom. The van der Waals surface area contributed by atoms with Crippen LogP contribution >= 0.6 is 22.6 Å². The quantitative estimate of drug-likeness (QED) is 0.626. The molecule has 1 aromatic carbocycles. The maximum Gasteiger partial charge on any atom is 0.248 e. The molecule has 0 aliphatic rings. The van der Waals surface area contributed by atoms with Crippen molar-refractivity contribution in [2.45, 2.75) is 26.7 Å². The molecular weight excluding hydrogens is 353 g/mol. The van der Waals surface area contributed by atoms with Crippen LogP contribution < -0.4 is 5.32 Å². The molecule has 19 heavy (non-hydrogen) atoms. The summed E-state index contributed by atoms with van der Waals surface area (Å²) in [5.41, 5.74) is 2.25. The third-order valence-electron chi connectivity index (χ3n) is 2.88. The first-order valence-corrected chi connectivity index (χ1v) is 7.58. The Kier molecular flexibility index (Phi) is 5.33. The molecule has 4 nitrogen and oxygen atoms in total. The third kappa shape index (κ3) is 3.76. The van der Waals surface area contributed by atoms with Gasteiger partial charge >= 0.3 is 0 Å². The zero-order valence-corrected chi connectivity index (χ0v) is 13.4. The molecule has 0 aliphatic carbocycles. The van der Waals surface area contributed by atoms with E-state index in [1.54, 1.807) is 0 Å². The summed E-state index contributed by atoms with van der Waals surface area (Å²) in [6.45, 7) is 6.16. The predicted molar refractivity (Wildman–Crippen MR) is 84.1 cm³/mol. The van der Waals surface area contributed by atoms with Crippen LogP contribution in [0.2, 0.25) is 0 Å². The lowest BCUT2D eigenvalue weighted by Gasteiger charge is -2.02. The molecule has 2 rings (SSSR count). The van der Waals surface area contributed by atoms with Gasteiger partial charge in [0.1, 0.15) is 0 Å². The van der Waals surface area contributed by atoms with E-state index in [4.69, 9.17) is 4.42 Å². The number of rotatable bonds is 6. The number of hydrogen-bond donors (Lipinski definition) is 1. The summed E-state index contributed by atoms with van der Waals surface area (Å²) in [6.07, 6.45) is 1.84. The van der Waals surface area contributed by atoms with Gasteiger partial charge in [0.25, 0.3) is 0 Å². The molecule has 0 aliphatic heterocycles. The topological polar surface area (TPSA) is 51.0 Å². The maximum atomic E-state index is 5.73. The fourth-order valence-corrected chi connectivity index (χ4v) is 2.41. The summed E-state index contributed by atoms with van der Waals surface area (Å²) in [7, 11) is 0. The second kappa shape index (κ2) is 7.00. The van der Waals surface area contributed by atoms with E-state index in [1.165, 1.54) is 9.13 Å². The molecule has 1 N–H and O–H groups in total. The van der Waals surface area contributed by atoms with Crippen molar-refractivity contribution in [3.05, 3.63) is 33.2 Å². The van der Waals surface area contributed by atoms with E-state index in [0.29, 0.717) is 11.8 Å². The van der Waals surface area contributed by atoms with E-state index >= 15 is 0 Å². The van der Waals surface area contributed by atoms with Crippen LogP contribution in [0.15, 0.2) is 22.6 Å². The summed E-state index contributed by atoms with van der Waals surface area (Å²) in [6, 6.07) is 6.12. The molecule has 0 radical (unpaired) electrons. The number of aromatic nitrogens is 2. The first-order chi connectivity index (χ1) is 9.22. The van der Waals surface area contributed by atoms with E-state index < -0.39 is 0 Å². The standard InChI is InChI=1S/C14H18IN3O/c1-3-16-9-5-8-12-17-18-14(19-12)11-7-4-6-10(2)13(11)15/h4,6-7,16H,3,5,8-9H2,1-2H3. The molecule has 5 heteroatoms. The van der Waals surface area contributed by atoms with Gasteiger partial charge in [-0.15, -0.1) is 10.2 Å². The van der Waals surface area contributed by atoms with Gasteiger partial charge in [0.2, 0.25) is 11.8 Å². The zero-order chi connectivity index (χ0) is 13.7. The molecule has 0 spiro atoms. The van der Waals surface area contributed by atoms with E-state index in [2.05, 4.69) is 58.0 Å². The van der Waals surface area contributed by atoms with E-state index in [9.17, 15) is 0 Å². The highest BCUT2D eigenvalue weighted by molar-refractivity contribution is 14.1. The Balaban J connectivity index is 2.06. The Morgan fingerprint density at radius 2 is 2.16 bits per heavy atom. The molecule has 1 heterocycles. The van der Waals surface area contributed by atoms with Crippen molar-refractivity contribution in [2.75, 3.05) is 13.1 Å². The van der Waals surface area contributed by atoms with Gasteiger partial charge in [0.15, 0.2) is 0 Å². The SMILES string of the molecule is CCNCCCc1nnc(-c2cccc(C)c2I)o1. The molecule has 0 unspecified atom stereocenters. The lowest BCUT2D eigenvalue weighted by molar-refractivity contribution is 0.492. The Labute approximate surface area is 127 Å². The summed E-state index contributed by atoms with van der Waals surface area (Å²) in [4.78, 5) is 0. The van der Waals surface area contributed by atoms with Gasteiger partial charge in [-0.1, -0.05) is 19.1 Å². The van der Waals surface area contributed by atoms with Crippen LogP contribution in [0, 0.1) is 10.5 Å². The molecule has 0 saturated heterocycles. The van der Waals surface area contributed by atoms with Crippen molar-refractivity contribution in [3.63, 3.8) is 0 Å². The van der Waals surface area contributed by atoms with E-state index in [0.717, 1.165) is 31.5 Å². The van der Waals surface area contributed by atoms with Gasteiger partial charge in [0.05, 0.1) is 5.56 Å². The van der Waals surface area contributed by atoms with Crippen LogP contribution in [0.4, 0.5) is 0 Å². The minimum absolute atomic E-state index is 0.617. The maximum absolute atomic E-state index is 5.73. The fraction of sp³-hybridized carbons (Fsp3) is 0.429. The van der Waals surface area contributed by atoms with Crippen LogP contribution in [0.1, 0.15) is 24.8 Å². The van der Waals surface area contributed by atoms with Crippen LogP contribution in [-0.4, -0.2) is 23.3 Å². The van der Waals surface area contributed by atoms with Gasteiger partial charge in [0, 0.05) is 9.99 Å². The van der Waals surface area contributed by atoms with Gasteiger partial charge in [-0.2, -0.15) is 0 Å². The van der Waals surface area contributed by atoms with E-state index in [-0.39, 0.29) is 0 Å². The monoisotopic (exact) mass is 371 g/mol. The Bertz CT molecular complexity index is 539. The molecule has 0 atom stereocenters. The van der Waals surface area contributed by atoms with Crippen LogP contribution in [0.3, 0.4) is 0 Å². The van der Waals surface area contributed by atoms with Crippen LogP contribution in [0.25, 0.3) is 11.5 Å². The molecule has 2 aromatic rings. The number of hydrogen-bond acceptors (Lipinski definition) is 4. The molecule has 0 saturated carbocycles. The number of aryl methyl sites for hydroxylation is 2. The number of benzene rings is 1. The van der Waals surface area contributed by atoms with Crippen molar-refractivity contribution >= 4 is 22.6 Å². The lowest BCUT2D eigenvalue weighted by Crippen LogP contribution is -2.14. The first-order valence-electron chi connectivity index (χ1n) is 6.51. The van der Waals surface area contributed by atoms with E-state index in [1.807, 2.05) is 12.1 Å². The first kappa shape index (κ1) is 14.5. The fourth-order valence-electron chi connectivity index (χ4n) is 1.82. The summed E-state index contributed by atoms with van der Waals surface area (Å²) in [5, 5.41) is 11.5. The summed E-state index contributed by atoms with van der Waals surface area (Å²) in [5.74, 6) is 1.33. The summed E-state index contributed by atoms with van der Waals surface area (Å²) >= 11 is 2.32. The van der Waals surface area contributed by atoms with Crippen molar-refractivity contribution in [3.8, 4) is 11.5 Å². The molecule has 0 bridgehead atoms. The highest BCUT2D eigenvalue weighted by Crippen LogP contribution is 2.26. The highest BCUT2D eigenvalue weighted by Gasteiger charge is 2.12. The van der Waals surface area contributed by atoms with Gasteiger partial charge in [-0.05, 0) is 60.7 Å². The second-order valence-corrected chi connectivity index (χ2v) is 5.47. The second-order valence-electron chi connectivity index (χ2n) is 4.39. The van der Waals surface area contributed by atoms with Crippen molar-refractivity contribution in [2.24, 2.45) is 0 Å². The minimum atomic E-state index is 0.617. The smallest absolute Gasteiger partial charge is 0.248 e. The van der Waals surface area contributed by atoms with Gasteiger partial charge in [-0.3, -0.25) is 0 Å². The lowest BCUT2D eigenvalue weighted by atomic mass is 10.1. The molecule has 1 aromatic heterocycles. The molecule has 102 valence electrons. The van der Waals surface area contributed by atoms with Crippen LogP contribution in [-0.2, 0) is 6.42 Å². The largest absolute Gasteiger partial charge is 0.421 e. The highest BCUT2D eigenvalue weighted by atomic mass is 127. The third-order valence-corrected chi connectivity index (χ3v) is 4.32. The average Bonchev–Trinajstić information content (AvgIpc) is 2.87. The normalized spacial score (nSPS) is 10.9. The molecule has 0 amide bonds. The summed E-state index contributed by atoms with van der Waals surface area (Å²) < 4.78 is 6.90. The minimum Gasteiger partial charge on any atom is -0.421 e. The zero-order valence-electron chi connectivity index (χ0n) is 11.2. The van der Waals surface area contributed by atoms with Crippen molar-refractivity contribution in [1.82, 2.24) is 15.5 Å². The number of nitrogens with zero attached hydrogens (tertiary/aromatic N) is 2. The van der Waals surface area contributed by atoms with Crippen LogP contribution in [0.5, 0.6) is 0 Å². The van der Waals surface area contributed by atoms with Gasteiger partial charge in [-0.25, -0.2) is 0 Å².